The lowest BCUT2D eigenvalue weighted by Gasteiger charge is -2.06. The van der Waals surface area contributed by atoms with Crippen LogP contribution in [-0.2, 0) is 16.6 Å². The maximum atomic E-state index is 12.3. The van der Waals surface area contributed by atoms with Gasteiger partial charge in [0.15, 0.2) is 0 Å². The van der Waals surface area contributed by atoms with Crippen molar-refractivity contribution in [1.29, 1.82) is 0 Å². The van der Waals surface area contributed by atoms with Gasteiger partial charge in [0.1, 0.15) is 10.6 Å². The zero-order chi connectivity index (χ0) is 15.6. The standard InChI is InChI=1S/C14H16N2O4S/c1-3-16-9-12(8-13(16)14(17)18)21(19,20)15-11-6-4-5-10(2)7-11/h4-9,15H,3H2,1-2H3,(H,17,18). The molecule has 0 aliphatic carbocycles. The second-order valence-corrected chi connectivity index (χ2v) is 6.31. The van der Waals surface area contributed by atoms with Crippen molar-refractivity contribution in [2.75, 3.05) is 4.72 Å². The summed E-state index contributed by atoms with van der Waals surface area (Å²) in [5.41, 5.74) is 1.31. The molecule has 0 fully saturated rings. The first-order valence-corrected chi connectivity index (χ1v) is 7.85. The van der Waals surface area contributed by atoms with Crippen LogP contribution in [0.1, 0.15) is 23.0 Å². The molecule has 112 valence electrons. The van der Waals surface area contributed by atoms with Gasteiger partial charge in [0.05, 0.1) is 0 Å². The zero-order valence-corrected chi connectivity index (χ0v) is 12.5. The molecular weight excluding hydrogens is 292 g/mol. The van der Waals surface area contributed by atoms with E-state index in [0.717, 1.165) is 11.6 Å². The van der Waals surface area contributed by atoms with Crippen LogP contribution in [0.4, 0.5) is 5.69 Å². The molecule has 6 nitrogen and oxygen atoms in total. The van der Waals surface area contributed by atoms with E-state index in [2.05, 4.69) is 4.72 Å². The van der Waals surface area contributed by atoms with E-state index >= 15 is 0 Å². The molecule has 0 saturated heterocycles. The van der Waals surface area contributed by atoms with Crippen LogP contribution in [0.3, 0.4) is 0 Å². The summed E-state index contributed by atoms with van der Waals surface area (Å²) in [6.45, 7) is 3.98. The fraction of sp³-hybridized carbons (Fsp3) is 0.214. The van der Waals surface area contributed by atoms with Gasteiger partial charge < -0.3 is 9.67 Å². The van der Waals surface area contributed by atoms with Gasteiger partial charge in [-0.3, -0.25) is 4.72 Å². The molecule has 1 heterocycles. The molecule has 21 heavy (non-hydrogen) atoms. The van der Waals surface area contributed by atoms with Crippen LogP contribution < -0.4 is 4.72 Å². The topological polar surface area (TPSA) is 88.4 Å². The number of aryl methyl sites for hydroxylation is 2. The minimum atomic E-state index is -3.81. The highest BCUT2D eigenvalue weighted by Crippen LogP contribution is 2.19. The third kappa shape index (κ3) is 3.25. The first kappa shape index (κ1) is 15.1. The summed E-state index contributed by atoms with van der Waals surface area (Å²) in [7, 11) is -3.81. The van der Waals surface area contributed by atoms with Gasteiger partial charge in [-0.05, 0) is 37.6 Å². The number of aromatic carboxylic acids is 1. The Hall–Kier alpha value is -2.28. The number of carboxylic acid groups (broad SMARTS) is 1. The molecule has 0 radical (unpaired) electrons. The predicted octanol–water partition coefficient (Wildman–Crippen LogP) is 2.32. The van der Waals surface area contributed by atoms with Crippen LogP contribution in [0, 0.1) is 6.92 Å². The highest BCUT2D eigenvalue weighted by Gasteiger charge is 2.21. The van der Waals surface area contributed by atoms with E-state index in [1.54, 1.807) is 25.1 Å². The van der Waals surface area contributed by atoms with E-state index in [4.69, 9.17) is 5.11 Å². The van der Waals surface area contributed by atoms with Gasteiger partial charge in [-0.1, -0.05) is 12.1 Å². The number of sulfonamides is 1. The van der Waals surface area contributed by atoms with E-state index in [-0.39, 0.29) is 10.6 Å². The Morgan fingerprint density at radius 3 is 2.57 bits per heavy atom. The molecule has 0 saturated carbocycles. The molecule has 0 unspecified atom stereocenters. The third-order valence-electron chi connectivity index (χ3n) is 3.01. The Morgan fingerprint density at radius 2 is 2.05 bits per heavy atom. The summed E-state index contributed by atoms with van der Waals surface area (Å²) in [6.07, 6.45) is 1.32. The highest BCUT2D eigenvalue weighted by atomic mass is 32.2. The predicted molar refractivity (Wildman–Crippen MR) is 79.1 cm³/mol. The highest BCUT2D eigenvalue weighted by molar-refractivity contribution is 7.92. The number of hydrogen-bond acceptors (Lipinski definition) is 3. The van der Waals surface area contributed by atoms with Gasteiger partial charge >= 0.3 is 5.97 Å². The summed E-state index contributed by atoms with van der Waals surface area (Å²) >= 11 is 0. The maximum Gasteiger partial charge on any atom is 0.352 e. The number of carboxylic acids is 1. The smallest absolute Gasteiger partial charge is 0.352 e. The molecule has 2 rings (SSSR count). The molecule has 0 atom stereocenters. The van der Waals surface area contributed by atoms with Crippen molar-refractivity contribution in [3.8, 4) is 0 Å². The molecule has 2 N–H and O–H groups in total. The average molecular weight is 308 g/mol. The Labute approximate surface area is 123 Å². The lowest BCUT2D eigenvalue weighted by Crippen LogP contribution is -2.12. The zero-order valence-electron chi connectivity index (χ0n) is 11.7. The van der Waals surface area contributed by atoms with Crippen LogP contribution in [0.2, 0.25) is 0 Å². The molecule has 0 amide bonds. The Morgan fingerprint density at radius 1 is 1.33 bits per heavy atom. The molecule has 0 spiro atoms. The number of aromatic nitrogens is 1. The van der Waals surface area contributed by atoms with E-state index in [9.17, 15) is 13.2 Å². The summed E-state index contributed by atoms with van der Waals surface area (Å²) in [5, 5.41) is 9.07. The number of nitrogens with one attached hydrogen (secondary N) is 1. The fourth-order valence-electron chi connectivity index (χ4n) is 1.99. The maximum absolute atomic E-state index is 12.3. The first-order chi connectivity index (χ1) is 9.83. The fourth-order valence-corrected chi connectivity index (χ4v) is 3.08. The second-order valence-electron chi connectivity index (χ2n) is 4.63. The van der Waals surface area contributed by atoms with Crippen molar-refractivity contribution in [3.05, 3.63) is 47.8 Å². The number of nitrogens with zero attached hydrogens (tertiary/aromatic N) is 1. The lowest BCUT2D eigenvalue weighted by molar-refractivity contribution is 0.0685. The Balaban J connectivity index is 2.38. The summed E-state index contributed by atoms with van der Waals surface area (Å²) in [5.74, 6) is -1.16. The summed E-state index contributed by atoms with van der Waals surface area (Å²) in [4.78, 5) is 11.0. The van der Waals surface area contributed by atoms with Crippen molar-refractivity contribution in [3.63, 3.8) is 0 Å². The van der Waals surface area contributed by atoms with Crippen molar-refractivity contribution in [2.24, 2.45) is 0 Å². The monoisotopic (exact) mass is 308 g/mol. The summed E-state index contributed by atoms with van der Waals surface area (Å²) < 4.78 is 28.4. The number of hydrogen-bond donors (Lipinski definition) is 2. The molecule has 0 aliphatic heterocycles. The van der Waals surface area contributed by atoms with E-state index in [1.807, 2.05) is 13.0 Å². The molecule has 0 aliphatic rings. The van der Waals surface area contributed by atoms with Crippen LogP contribution >= 0.6 is 0 Å². The molecule has 1 aromatic heterocycles. The molecule has 2 aromatic rings. The molecule has 7 heteroatoms. The number of carbonyl (C=O) groups is 1. The van der Waals surface area contributed by atoms with Gasteiger partial charge in [0.2, 0.25) is 0 Å². The van der Waals surface area contributed by atoms with Gasteiger partial charge in [0.25, 0.3) is 10.0 Å². The van der Waals surface area contributed by atoms with E-state index in [1.165, 1.54) is 10.8 Å². The lowest BCUT2D eigenvalue weighted by atomic mass is 10.2. The Kier molecular flexibility index (Phi) is 4.04. The van der Waals surface area contributed by atoms with Crippen LogP contribution in [0.15, 0.2) is 41.4 Å². The first-order valence-electron chi connectivity index (χ1n) is 6.36. The van der Waals surface area contributed by atoms with E-state index < -0.39 is 16.0 Å². The van der Waals surface area contributed by atoms with Gasteiger partial charge in [-0.25, -0.2) is 13.2 Å². The largest absolute Gasteiger partial charge is 0.477 e. The van der Waals surface area contributed by atoms with Crippen LogP contribution in [-0.4, -0.2) is 24.1 Å². The third-order valence-corrected chi connectivity index (χ3v) is 4.36. The quantitative estimate of drug-likeness (QED) is 0.887. The minimum absolute atomic E-state index is 0.0536. The number of anilines is 1. The average Bonchev–Trinajstić information content (AvgIpc) is 2.83. The molecule has 1 aromatic carbocycles. The van der Waals surface area contributed by atoms with Crippen molar-refractivity contribution in [2.45, 2.75) is 25.3 Å². The van der Waals surface area contributed by atoms with Gasteiger partial charge in [-0.2, -0.15) is 0 Å². The van der Waals surface area contributed by atoms with Crippen LogP contribution in [0.5, 0.6) is 0 Å². The summed E-state index contributed by atoms with van der Waals surface area (Å²) in [6, 6.07) is 8.09. The minimum Gasteiger partial charge on any atom is -0.477 e. The van der Waals surface area contributed by atoms with Crippen molar-refractivity contribution < 1.29 is 18.3 Å². The SMILES string of the molecule is CCn1cc(S(=O)(=O)Nc2cccc(C)c2)cc1C(=O)O. The normalized spacial score (nSPS) is 11.3. The molecular formula is C14H16N2O4S. The van der Waals surface area contributed by atoms with E-state index in [0.29, 0.717) is 12.2 Å². The van der Waals surface area contributed by atoms with Crippen LogP contribution in [0.25, 0.3) is 0 Å². The van der Waals surface area contributed by atoms with Crippen molar-refractivity contribution >= 4 is 21.7 Å². The molecule has 0 bridgehead atoms. The van der Waals surface area contributed by atoms with Gasteiger partial charge in [0, 0.05) is 18.4 Å². The second kappa shape index (κ2) is 5.61. The number of benzene rings is 1. The van der Waals surface area contributed by atoms with Crippen molar-refractivity contribution in [1.82, 2.24) is 4.57 Å². The van der Waals surface area contributed by atoms with Gasteiger partial charge in [-0.15, -0.1) is 0 Å². The number of rotatable bonds is 5. The Bertz CT molecular complexity index is 778.